The summed E-state index contributed by atoms with van der Waals surface area (Å²) in [6.45, 7) is 0. The molecule has 0 amide bonds. The molecule has 1 heterocycles. The Morgan fingerprint density at radius 1 is 1.14 bits per heavy atom. The van der Waals surface area contributed by atoms with E-state index in [9.17, 15) is 0 Å². The molecular formula is C16H14ClN3O. The number of nitrogens with zero attached hydrogens (tertiary/aromatic N) is 1. The summed E-state index contributed by atoms with van der Waals surface area (Å²) in [5.41, 5.74) is 9.06. The van der Waals surface area contributed by atoms with Crippen molar-refractivity contribution >= 4 is 39.6 Å². The molecule has 106 valence electrons. The lowest BCUT2D eigenvalue weighted by Crippen LogP contribution is -1.97. The average molecular weight is 300 g/mol. The van der Waals surface area contributed by atoms with Crippen LogP contribution in [-0.2, 0) is 0 Å². The fourth-order valence-electron chi connectivity index (χ4n) is 2.23. The van der Waals surface area contributed by atoms with Crippen LogP contribution in [0.25, 0.3) is 10.9 Å². The molecular weight excluding hydrogens is 286 g/mol. The number of hydrogen-bond donors (Lipinski definition) is 2. The van der Waals surface area contributed by atoms with E-state index in [-0.39, 0.29) is 0 Å². The second-order valence-electron chi connectivity index (χ2n) is 4.57. The first-order chi connectivity index (χ1) is 10.2. The zero-order valence-electron chi connectivity index (χ0n) is 11.4. The van der Waals surface area contributed by atoms with E-state index in [4.69, 9.17) is 22.1 Å². The first-order valence-corrected chi connectivity index (χ1v) is 6.80. The number of halogens is 1. The molecule has 0 radical (unpaired) electrons. The first-order valence-electron chi connectivity index (χ1n) is 6.43. The maximum absolute atomic E-state index is 6.06. The van der Waals surface area contributed by atoms with Crippen LogP contribution in [0.1, 0.15) is 0 Å². The van der Waals surface area contributed by atoms with Gasteiger partial charge in [-0.05, 0) is 30.3 Å². The van der Waals surface area contributed by atoms with E-state index in [0.29, 0.717) is 16.5 Å². The topological polar surface area (TPSA) is 60.2 Å². The molecule has 0 aliphatic carbocycles. The number of pyridine rings is 1. The Morgan fingerprint density at radius 2 is 2.00 bits per heavy atom. The molecule has 0 aliphatic rings. The third-order valence-electron chi connectivity index (χ3n) is 3.23. The van der Waals surface area contributed by atoms with Crippen molar-refractivity contribution in [3.8, 4) is 5.75 Å². The SMILES string of the molecule is COc1ccc(Cl)cc1Nc1ccnc2c(N)cccc12. The molecule has 0 saturated carbocycles. The maximum atomic E-state index is 6.06. The summed E-state index contributed by atoms with van der Waals surface area (Å²) in [5.74, 6) is 0.716. The van der Waals surface area contributed by atoms with Gasteiger partial charge in [-0.3, -0.25) is 4.98 Å². The number of hydrogen-bond acceptors (Lipinski definition) is 4. The van der Waals surface area contributed by atoms with Gasteiger partial charge in [0.2, 0.25) is 0 Å². The van der Waals surface area contributed by atoms with E-state index >= 15 is 0 Å². The van der Waals surface area contributed by atoms with E-state index in [1.807, 2.05) is 36.4 Å². The normalized spacial score (nSPS) is 10.6. The highest BCUT2D eigenvalue weighted by atomic mass is 35.5. The zero-order valence-corrected chi connectivity index (χ0v) is 12.2. The van der Waals surface area contributed by atoms with Crippen LogP contribution in [0, 0.1) is 0 Å². The van der Waals surface area contributed by atoms with Crippen LogP contribution in [0.5, 0.6) is 5.75 Å². The second-order valence-corrected chi connectivity index (χ2v) is 5.01. The number of nitrogens with one attached hydrogen (secondary N) is 1. The Balaban J connectivity index is 2.11. The lowest BCUT2D eigenvalue weighted by Gasteiger charge is -2.13. The number of rotatable bonds is 3. The number of anilines is 3. The highest BCUT2D eigenvalue weighted by molar-refractivity contribution is 6.31. The zero-order chi connectivity index (χ0) is 14.8. The van der Waals surface area contributed by atoms with Gasteiger partial charge >= 0.3 is 0 Å². The lowest BCUT2D eigenvalue weighted by molar-refractivity contribution is 0.417. The number of benzene rings is 2. The van der Waals surface area contributed by atoms with E-state index in [0.717, 1.165) is 22.3 Å². The van der Waals surface area contributed by atoms with E-state index in [1.54, 1.807) is 19.4 Å². The van der Waals surface area contributed by atoms with Crippen LogP contribution in [0.3, 0.4) is 0 Å². The largest absolute Gasteiger partial charge is 0.495 e. The Morgan fingerprint density at radius 3 is 2.81 bits per heavy atom. The predicted molar refractivity (Wildman–Crippen MR) is 87.4 cm³/mol. The lowest BCUT2D eigenvalue weighted by atomic mass is 10.1. The molecule has 0 bridgehead atoms. The van der Waals surface area contributed by atoms with Gasteiger partial charge in [-0.2, -0.15) is 0 Å². The molecule has 5 heteroatoms. The minimum Gasteiger partial charge on any atom is -0.495 e. The van der Waals surface area contributed by atoms with Gasteiger partial charge < -0.3 is 15.8 Å². The summed E-state index contributed by atoms with van der Waals surface area (Å²) >= 11 is 6.06. The van der Waals surface area contributed by atoms with E-state index in [2.05, 4.69) is 10.3 Å². The summed E-state index contributed by atoms with van der Waals surface area (Å²) in [5, 5.41) is 4.91. The monoisotopic (exact) mass is 299 g/mol. The van der Waals surface area contributed by atoms with Crippen molar-refractivity contribution in [1.29, 1.82) is 0 Å². The number of nitrogen functional groups attached to an aromatic ring is 1. The Labute approximate surface area is 127 Å². The van der Waals surface area contributed by atoms with Crippen LogP contribution in [0.15, 0.2) is 48.7 Å². The van der Waals surface area contributed by atoms with Gasteiger partial charge in [-0.25, -0.2) is 0 Å². The molecule has 21 heavy (non-hydrogen) atoms. The maximum Gasteiger partial charge on any atom is 0.142 e. The predicted octanol–water partition coefficient (Wildman–Crippen LogP) is 4.22. The van der Waals surface area contributed by atoms with Crippen molar-refractivity contribution in [2.75, 3.05) is 18.2 Å². The number of ether oxygens (including phenoxy) is 1. The van der Waals surface area contributed by atoms with Crippen LogP contribution >= 0.6 is 11.6 Å². The van der Waals surface area contributed by atoms with Gasteiger partial charge in [-0.15, -0.1) is 0 Å². The van der Waals surface area contributed by atoms with Crippen molar-refractivity contribution in [2.45, 2.75) is 0 Å². The molecule has 4 nitrogen and oxygen atoms in total. The molecule has 3 rings (SSSR count). The average Bonchev–Trinajstić information content (AvgIpc) is 2.49. The number of para-hydroxylation sites is 1. The van der Waals surface area contributed by atoms with Crippen molar-refractivity contribution in [2.24, 2.45) is 0 Å². The fourth-order valence-corrected chi connectivity index (χ4v) is 2.40. The van der Waals surface area contributed by atoms with Crippen LogP contribution in [-0.4, -0.2) is 12.1 Å². The first kappa shape index (κ1) is 13.5. The van der Waals surface area contributed by atoms with Crippen molar-refractivity contribution in [3.63, 3.8) is 0 Å². The molecule has 0 saturated heterocycles. The van der Waals surface area contributed by atoms with Crippen LogP contribution in [0.2, 0.25) is 5.02 Å². The number of methoxy groups -OCH3 is 1. The van der Waals surface area contributed by atoms with Crippen LogP contribution in [0.4, 0.5) is 17.1 Å². The molecule has 0 fully saturated rings. The minimum atomic E-state index is 0.635. The molecule has 0 unspecified atom stereocenters. The quantitative estimate of drug-likeness (QED) is 0.711. The Kier molecular flexibility index (Phi) is 3.54. The number of aromatic nitrogens is 1. The Bertz CT molecular complexity index is 805. The molecule has 0 spiro atoms. The minimum absolute atomic E-state index is 0.635. The summed E-state index contributed by atoms with van der Waals surface area (Å²) in [6, 6.07) is 13.0. The van der Waals surface area contributed by atoms with Gasteiger partial charge in [0, 0.05) is 22.3 Å². The molecule has 3 N–H and O–H groups in total. The van der Waals surface area contributed by atoms with Crippen molar-refractivity contribution in [3.05, 3.63) is 53.7 Å². The van der Waals surface area contributed by atoms with Crippen molar-refractivity contribution in [1.82, 2.24) is 4.98 Å². The van der Waals surface area contributed by atoms with E-state index < -0.39 is 0 Å². The second kappa shape index (κ2) is 5.50. The van der Waals surface area contributed by atoms with E-state index in [1.165, 1.54) is 0 Å². The number of fused-ring (bicyclic) bond motifs is 1. The molecule has 3 aromatic rings. The Hall–Kier alpha value is -2.46. The number of nitrogens with two attached hydrogens (primary N) is 1. The standard InChI is InChI=1S/C16H14ClN3O/c1-21-15-6-5-10(17)9-14(15)20-13-7-8-19-16-11(13)3-2-4-12(16)18/h2-9H,18H2,1H3,(H,19,20). The van der Waals surface area contributed by atoms with Gasteiger partial charge in [0.25, 0.3) is 0 Å². The van der Waals surface area contributed by atoms with Gasteiger partial charge in [0.05, 0.1) is 24.0 Å². The molecule has 0 aliphatic heterocycles. The summed E-state index contributed by atoms with van der Waals surface area (Å²) in [4.78, 5) is 4.32. The van der Waals surface area contributed by atoms with Gasteiger partial charge in [-0.1, -0.05) is 23.7 Å². The summed E-state index contributed by atoms with van der Waals surface area (Å²) in [7, 11) is 1.62. The summed E-state index contributed by atoms with van der Waals surface area (Å²) < 4.78 is 5.35. The molecule has 2 aromatic carbocycles. The third kappa shape index (κ3) is 2.58. The molecule has 1 aromatic heterocycles. The van der Waals surface area contributed by atoms with Gasteiger partial charge in [0.15, 0.2) is 0 Å². The highest BCUT2D eigenvalue weighted by Gasteiger charge is 2.08. The fraction of sp³-hybridized carbons (Fsp3) is 0.0625. The third-order valence-corrected chi connectivity index (χ3v) is 3.47. The van der Waals surface area contributed by atoms with Crippen LogP contribution < -0.4 is 15.8 Å². The summed E-state index contributed by atoms with van der Waals surface area (Å²) in [6.07, 6.45) is 1.72. The van der Waals surface area contributed by atoms with Gasteiger partial charge in [0.1, 0.15) is 5.75 Å². The molecule has 0 atom stereocenters. The highest BCUT2D eigenvalue weighted by Crippen LogP contribution is 2.33. The smallest absolute Gasteiger partial charge is 0.142 e. The van der Waals surface area contributed by atoms with Crippen molar-refractivity contribution < 1.29 is 4.74 Å².